The second-order valence-corrected chi connectivity index (χ2v) is 8.27. The van der Waals surface area contributed by atoms with Crippen molar-refractivity contribution in [1.82, 2.24) is 15.0 Å². The van der Waals surface area contributed by atoms with Gasteiger partial charge in [-0.3, -0.25) is 14.8 Å². The van der Waals surface area contributed by atoms with Gasteiger partial charge in [0.25, 0.3) is 5.91 Å². The van der Waals surface area contributed by atoms with Gasteiger partial charge in [-0.15, -0.1) is 13.2 Å². The third-order valence-electron chi connectivity index (χ3n) is 5.72. The second-order valence-electron chi connectivity index (χ2n) is 8.27. The molecule has 1 aliphatic heterocycles. The number of alkyl halides is 3. The van der Waals surface area contributed by atoms with E-state index in [1.807, 2.05) is 23.1 Å². The van der Waals surface area contributed by atoms with Gasteiger partial charge in [-0.05, 0) is 54.4 Å². The van der Waals surface area contributed by atoms with Crippen molar-refractivity contribution >= 4 is 28.4 Å². The van der Waals surface area contributed by atoms with Gasteiger partial charge in [-0.1, -0.05) is 6.07 Å². The van der Waals surface area contributed by atoms with Crippen molar-refractivity contribution in [3.8, 4) is 16.9 Å². The Hall–Kier alpha value is -4.25. The summed E-state index contributed by atoms with van der Waals surface area (Å²) in [5, 5.41) is 12.7. The Balaban J connectivity index is 1.45. The number of rotatable bonds is 5. The zero-order chi connectivity index (χ0) is 25.3. The van der Waals surface area contributed by atoms with E-state index < -0.39 is 18.4 Å². The highest BCUT2D eigenvalue weighted by Crippen LogP contribution is 2.33. The van der Waals surface area contributed by atoms with Gasteiger partial charge in [0, 0.05) is 42.9 Å². The second kappa shape index (κ2) is 9.42. The molecule has 0 saturated carbocycles. The first-order valence-corrected chi connectivity index (χ1v) is 11.1. The van der Waals surface area contributed by atoms with E-state index >= 15 is 0 Å². The van der Waals surface area contributed by atoms with E-state index in [1.165, 1.54) is 18.3 Å². The van der Waals surface area contributed by atoms with Gasteiger partial charge in [0.05, 0.1) is 22.7 Å². The summed E-state index contributed by atoms with van der Waals surface area (Å²) < 4.78 is 41.0. The quantitative estimate of drug-likeness (QED) is 0.423. The number of carbonyl (C=O) groups is 1. The summed E-state index contributed by atoms with van der Waals surface area (Å²) in [6, 6.07) is 12.1. The molecule has 11 heteroatoms. The molecule has 0 spiro atoms. The molecular weight excluding hydrogens is 475 g/mol. The number of aromatic nitrogens is 3. The van der Waals surface area contributed by atoms with Gasteiger partial charge in [0.15, 0.2) is 0 Å². The van der Waals surface area contributed by atoms with Crippen LogP contribution in [-0.2, 0) is 0 Å². The zero-order valence-electron chi connectivity index (χ0n) is 18.7. The molecule has 1 atom stereocenters. The molecule has 1 fully saturated rings. The highest BCUT2D eigenvalue weighted by Gasteiger charge is 2.31. The van der Waals surface area contributed by atoms with Gasteiger partial charge in [0.2, 0.25) is 0 Å². The maximum atomic E-state index is 13.0. The van der Waals surface area contributed by atoms with Crippen LogP contribution in [0.25, 0.3) is 22.2 Å². The predicted octanol–water partition coefficient (Wildman–Crippen LogP) is 4.41. The van der Waals surface area contributed by atoms with Crippen LogP contribution in [0.2, 0.25) is 0 Å². The monoisotopic (exact) mass is 495 g/mol. The summed E-state index contributed by atoms with van der Waals surface area (Å²) in [5.41, 5.74) is 3.40. The van der Waals surface area contributed by atoms with Crippen LogP contribution in [0.15, 0.2) is 67.1 Å². The lowest BCUT2D eigenvalue weighted by molar-refractivity contribution is -0.274. The number of hydrogen-bond acceptors (Lipinski definition) is 7. The molecule has 4 aromatic rings. The Labute approximate surface area is 203 Å². The molecule has 0 aliphatic carbocycles. The number of aliphatic hydroxyl groups excluding tert-OH is 1. The maximum Gasteiger partial charge on any atom is 0.573 e. The van der Waals surface area contributed by atoms with Gasteiger partial charge in [-0.2, -0.15) is 0 Å². The third-order valence-corrected chi connectivity index (χ3v) is 5.72. The van der Waals surface area contributed by atoms with E-state index in [0.29, 0.717) is 42.1 Å². The van der Waals surface area contributed by atoms with Crippen molar-refractivity contribution in [2.75, 3.05) is 23.3 Å². The van der Waals surface area contributed by atoms with Gasteiger partial charge in [-0.25, -0.2) is 4.98 Å². The van der Waals surface area contributed by atoms with Crippen LogP contribution in [0.5, 0.6) is 5.75 Å². The van der Waals surface area contributed by atoms with Crippen LogP contribution in [0, 0.1) is 0 Å². The summed E-state index contributed by atoms with van der Waals surface area (Å²) in [6.07, 6.45) is -0.0190. The number of anilines is 2. The average Bonchev–Trinajstić information content (AvgIpc) is 3.29. The fourth-order valence-electron chi connectivity index (χ4n) is 4.05. The molecule has 1 unspecified atom stereocenters. The molecule has 1 amide bonds. The Kier molecular flexibility index (Phi) is 6.15. The Bertz CT molecular complexity index is 1410. The number of aliphatic hydroxyl groups is 1. The highest BCUT2D eigenvalue weighted by molar-refractivity contribution is 6.05. The van der Waals surface area contributed by atoms with Gasteiger partial charge in [0.1, 0.15) is 11.6 Å². The van der Waals surface area contributed by atoms with Crippen LogP contribution in [0.1, 0.15) is 16.8 Å². The summed E-state index contributed by atoms with van der Waals surface area (Å²) in [4.78, 5) is 28.1. The molecule has 184 valence electrons. The molecule has 0 bridgehead atoms. The highest BCUT2D eigenvalue weighted by atomic mass is 19.4. The van der Waals surface area contributed by atoms with Crippen LogP contribution >= 0.6 is 0 Å². The summed E-state index contributed by atoms with van der Waals surface area (Å²) in [6.45, 7) is 1.04. The number of carbonyl (C=O) groups excluding carboxylic acids is 1. The van der Waals surface area contributed by atoms with Crippen molar-refractivity contribution in [2.45, 2.75) is 18.9 Å². The minimum absolute atomic E-state index is 0.253. The number of ether oxygens (including phenoxy) is 1. The normalized spacial score (nSPS) is 15.8. The van der Waals surface area contributed by atoms with Crippen molar-refractivity contribution in [2.24, 2.45) is 0 Å². The predicted molar refractivity (Wildman–Crippen MR) is 127 cm³/mol. The number of nitrogens with one attached hydrogen (secondary N) is 1. The molecule has 2 aromatic carbocycles. The van der Waals surface area contributed by atoms with Crippen LogP contribution < -0.4 is 15.0 Å². The Morgan fingerprint density at radius 2 is 1.78 bits per heavy atom. The summed E-state index contributed by atoms with van der Waals surface area (Å²) in [5.74, 6) is -0.247. The fraction of sp³-hybridized carbons (Fsp3) is 0.200. The Morgan fingerprint density at radius 1 is 1.03 bits per heavy atom. The first kappa shape index (κ1) is 23.5. The molecule has 3 heterocycles. The van der Waals surface area contributed by atoms with Crippen molar-refractivity contribution < 1.29 is 27.8 Å². The number of amides is 1. The lowest BCUT2D eigenvalue weighted by atomic mass is 10.0. The first-order chi connectivity index (χ1) is 17.2. The van der Waals surface area contributed by atoms with E-state index in [2.05, 4.69) is 25.0 Å². The summed E-state index contributed by atoms with van der Waals surface area (Å²) in [7, 11) is 0. The summed E-state index contributed by atoms with van der Waals surface area (Å²) >= 11 is 0. The molecular formula is C25H20F3N5O3. The topological polar surface area (TPSA) is 100 Å². The fourth-order valence-corrected chi connectivity index (χ4v) is 4.05. The zero-order valence-corrected chi connectivity index (χ0v) is 18.7. The third kappa shape index (κ3) is 5.20. The van der Waals surface area contributed by atoms with E-state index in [1.54, 1.807) is 18.5 Å². The van der Waals surface area contributed by atoms with Crippen LogP contribution in [0.3, 0.4) is 0 Å². The molecule has 2 aromatic heterocycles. The molecule has 1 saturated heterocycles. The largest absolute Gasteiger partial charge is 0.573 e. The first-order valence-electron chi connectivity index (χ1n) is 11.1. The van der Waals surface area contributed by atoms with Gasteiger partial charge < -0.3 is 20.1 Å². The molecule has 8 nitrogen and oxygen atoms in total. The van der Waals surface area contributed by atoms with Crippen molar-refractivity contribution in [3.63, 3.8) is 0 Å². The average molecular weight is 495 g/mol. The SMILES string of the molecule is O=C(Nc1ccc(OC(F)(F)F)cc1)c1cnc(N2CCC(O)C2)c(-c2ccc3nccnc3c2)c1. The molecule has 5 rings (SSSR count). The van der Waals surface area contributed by atoms with Crippen LogP contribution in [0.4, 0.5) is 24.7 Å². The number of fused-ring (bicyclic) bond motifs is 1. The smallest absolute Gasteiger partial charge is 0.406 e. The number of β-amino-alcohol motifs (C(OH)–C–C–N with tert-alkyl or cyclic N) is 1. The minimum atomic E-state index is -4.80. The number of hydrogen-bond donors (Lipinski definition) is 2. The van der Waals surface area contributed by atoms with E-state index in [0.717, 1.165) is 23.2 Å². The number of halogens is 3. The van der Waals surface area contributed by atoms with Crippen molar-refractivity contribution in [1.29, 1.82) is 0 Å². The maximum absolute atomic E-state index is 13.0. The molecule has 2 N–H and O–H groups in total. The molecule has 0 radical (unpaired) electrons. The lowest BCUT2D eigenvalue weighted by Gasteiger charge is -2.21. The van der Waals surface area contributed by atoms with Crippen LogP contribution in [-0.4, -0.2) is 51.5 Å². The van der Waals surface area contributed by atoms with Gasteiger partial charge >= 0.3 is 6.36 Å². The number of nitrogens with zero attached hydrogens (tertiary/aromatic N) is 4. The molecule has 36 heavy (non-hydrogen) atoms. The van der Waals surface area contributed by atoms with E-state index in [-0.39, 0.29) is 11.3 Å². The lowest BCUT2D eigenvalue weighted by Crippen LogP contribution is -2.23. The minimum Gasteiger partial charge on any atom is -0.406 e. The molecule has 1 aliphatic rings. The standard InChI is InChI=1S/C25H20F3N5O3/c26-25(27,28)36-19-4-2-17(3-5-19)32-24(35)16-11-20(23(31-13-16)33-10-7-18(34)14-33)15-1-6-21-22(12-15)30-9-8-29-21/h1-6,8-9,11-13,18,34H,7,10,14H2,(H,32,35). The number of pyridine rings is 1. The van der Waals surface area contributed by atoms with Crippen molar-refractivity contribution in [3.05, 3.63) is 72.7 Å². The van der Waals surface area contributed by atoms with E-state index in [9.17, 15) is 23.1 Å². The Morgan fingerprint density at radius 3 is 2.47 bits per heavy atom. The van der Waals surface area contributed by atoms with E-state index in [4.69, 9.17) is 0 Å². The number of benzene rings is 2.